The quantitative estimate of drug-likeness (QED) is 0.631. The first-order chi connectivity index (χ1) is 8.63. The third-order valence-electron chi connectivity index (χ3n) is 3.17. The van der Waals surface area contributed by atoms with Crippen LogP contribution in [0.15, 0.2) is 17.1 Å². The van der Waals surface area contributed by atoms with Crippen molar-refractivity contribution in [1.29, 1.82) is 0 Å². The molecule has 4 N–H and O–H groups in total. The summed E-state index contributed by atoms with van der Waals surface area (Å²) in [6.45, 7) is 4.15. The number of pyridine rings is 1. The molecule has 6 nitrogen and oxygen atoms in total. The number of H-pyrrole nitrogens is 1. The maximum absolute atomic E-state index is 12.3. The minimum absolute atomic E-state index is 0.0491. The van der Waals surface area contributed by atoms with E-state index in [0.29, 0.717) is 19.6 Å². The van der Waals surface area contributed by atoms with Crippen LogP contribution >= 0.6 is 0 Å². The van der Waals surface area contributed by atoms with Crippen molar-refractivity contribution in [1.82, 2.24) is 15.2 Å². The van der Waals surface area contributed by atoms with E-state index in [1.807, 2.05) is 0 Å². The molecular formula is C12H18N4O2. The van der Waals surface area contributed by atoms with Gasteiger partial charge >= 0.3 is 0 Å². The molecule has 0 aliphatic carbocycles. The van der Waals surface area contributed by atoms with Gasteiger partial charge in [-0.2, -0.15) is 0 Å². The number of amides is 1. The molecule has 1 amide bonds. The second-order valence-electron chi connectivity index (χ2n) is 4.49. The zero-order valence-corrected chi connectivity index (χ0v) is 10.4. The Morgan fingerprint density at radius 2 is 2.39 bits per heavy atom. The van der Waals surface area contributed by atoms with E-state index in [9.17, 15) is 9.59 Å². The molecule has 1 aromatic rings. The number of carbonyl (C=O) groups excluding carboxylic acids is 1. The fourth-order valence-electron chi connectivity index (χ4n) is 2.13. The smallest absolute Gasteiger partial charge is 0.259 e. The van der Waals surface area contributed by atoms with E-state index < -0.39 is 0 Å². The fourth-order valence-corrected chi connectivity index (χ4v) is 2.13. The third kappa shape index (κ3) is 2.44. The van der Waals surface area contributed by atoms with Gasteiger partial charge in [-0.3, -0.25) is 9.59 Å². The van der Waals surface area contributed by atoms with E-state index in [2.05, 4.69) is 10.3 Å². The van der Waals surface area contributed by atoms with Crippen molar-refractivity contribution in [3.63, 3.8) is 0 Å². The Kier molecular flexibility index (Phi) is 3.78. The summed E-state index contributed by atoms with van der Waals surface area (Å²) in [5.74, 6) is -0.242. The highest BCUT2D eigenvalue weighted by atomic mass is 16.2. The van der Waals surface area contributed by atoms with Crippen molar-refractivity contribution >= 4 is 5.91 Å². The number of aromatic nitrogens is 1. The number of hydrogen-bond acceptors (Lipinski definition) is 4. The first-order valence-corrected chi connectivity index (χ1v) is 6.04. The molecule has 98 valence electrons. The highest BCUT2D eigenvalue weighted by molar-refractivity contribution is 5.94. The first kappa shape index (κ1) is 12.8. The SMILES string of the molecule is Cc1cc(=O)c(C(=O)N2CCNCC2CN)c[nH]1. The van der Waals surface area contributed by atoms with E-state index >= 15 is 0 Å². The molecule has 1 fully saturated rings. The normalized spacial score (nSPS) is 19.9. The summed E-state index contributed by atoms with van der Waals surface area (Å²) in [5.41, 5.74) is 6.33. The maximum Gasteiger partial charge on any atom is 0.259 e. The van der Waals surface area contributed by atoms with Crippen molar-refractivity contribution in [2.75, 3.05) is 26.2 Å². The Bertz CT molecular complexity index is 497. The summed E-state index contributed by atoms with van der Waals surface area (Å²) >= 11 is 0. The Balaban J connectivity index is 2.27. The van der Waals surface area contributed by atoms with Crippen LogP contribution in [-0.2, 0) is 0 Å². The number of carbonyl (C=O) groups is 1. The number of nitrogens with two attached hydrogens (primary N) is 1. The summed E-state index contributed by atoms with van der Waals surface area (Å²) in [5, 5.41) is 3.19. The molecule has 1 unspecified atom stereocenters. The van der Waals surface area contributed by atoms with Gasteiger partial charge < -0.3 is 20.9 Å². The molecule has 0 saturated carbocycles. The second kappa shape index (κ2) is 5.32. The monoisotopic (exact) mass is 250 g/mol. The summed E-state index contributed by atoms with van der Waals surface area (Å²) < 4.78 is 0. The average Bonchev–Trinajstić information content (AvgIpc) is 2.38. The van der Waals surface area contributed by atoms with Crippen LogP contribution in [0, 0.1) is 6.92 Å². The molecule has 18 heavy (non-hydrogen) atoms. The highest BCUT2D eigenvalue weighted by Gasteiger charge is 2.27. The van der Waals surface area contributed by atoms with Crippen LogP contribution < -0.4 is 16.5 Å². The van der Waals surface area contributed by atoms with Gasteiger partial charge in [-0.25, -0.2) is 0 Å². The van der Waals surface area contributed by atoms with Gasteiger partial charge in [0.05, 0.1) is 6.04 Å². The molecule has 2 rings (SSSR count). The lowest BCUT2D eigenvalue weighted by atomic mass is 10.1. The van der Waals surface area contributed by atoms with E-state index in [1.54, 1.807) is 11.8 Å². The Labute approximate surface area is 105 Å². The molecule has 0 radical (unpaired) electrons. The number of nitrogens with zero attached hydrogens (tertiary/aromatic N) is 1. The van der Waals surface area contributed by atoms with Crippen LogP contribution in [0.1, 0.15) is 16.1 Å². The number of piperazine rings is 1. The molecule has 0 aromatic carbocycles. The van der Waals surface area contributed by atoms with Gasteiger partial charge in [-0.15, -0.1) is 0 Å². The van der Waals surface area contributed by atoms with Crippen molar-refractivity contribution in [3.8, 4) is 0 Å². The van der Waals surface area contributed by atoms with Gasteiger partial charge in [0.2, 0.25) is 0 Å². The Morgan fingerprint density at radius 1 is 1.61 bits per heavy atom. The topological polar surface area (TPSA) is 91.2 Å². The largest absolute Gasteiger partial charge is 0.364 e. The molecule has 1 atom stereocenters. The number of nitrogens with one attached hydrogen (secondary N) is 2. The lowest BCUT2D eigenvalue weighted by molar-refractivity contribution is 0.0643. The molecule has 0 bridgehead atoms. The third-order valence-corrected chi connectivity index (χ3v) is 3.17. The average molecular weight is 250 g/mol. The van der Waals surface area contributed by atoms with Gasteiger partial charge in [-0.1, -0.05) is 0 Å². The standard InChI is InChI=1S/C12H18N4O2/c1-8-4-11(17)10(7-15-8)12(18)16-3-2-14-6-9(16)5-13/h4,7,9,14H,2-3,5-6,13H2,1H3,(H,15,17). The van der Waals surface area contributed by atoms with E-state index in [-0.39, 0.29) is 22.9 Å². The van der Waals surface area contributed by atoms with Crippen LogP contribution in [0.25, 0.3) is 0 Å². The maximum atomic E-state index is 12.3. The number of aryl methyl sites for hydroxylation is 1. The number of rotatable bonds is 2. The van der Waals surface area contributed by atoms with Gasteiger partial charge in [0, 0.05) is 44.1 Å². The zero-order valence-electron chi connectivity index (χ0n) is 10.4. The summed E-state index contributed by atoms with van der Waals surface area (Å²) in [6.07, 6.45) is 1.48. The fraction of sp³-hybridized carbons (Fsp3) is 0.500. The minimum Gasteiger partial charge on any atom is -0.364 e. The van der Waals surface area contributed by atoms with Crippen molar-refractivity contribution < 1.29 is 4.79 Å². The van der Waals surface area contributed by atoms with Crippen molar-refractivity contribution in [2.45, 2.75) is 13.0 Å². The molecule has 6 heteroatoms. The zero-order chi connectivity index (χ0) is 13.1. The van der Waals surface area contributed by atoms with Gasteiger partial charge in [0.25, 0.3) is 5.91 Å². The van der Waals surface area contributed by atoms with Crippen molar-refractivity contribution in [2.24, 2.45) is 5.73 Å². The van der Waals surface area contributed by atoms with Crippen molar-refractivity contribution in [3.05, 3.63) is 33.7 Å². The lowest BCUT2D eigenvalue weighted by Gasteiger charge is -2.35. The molecule has 2 heterocycles. The predicted molar refractivity (Wildman–Crippen MR) is 68.5 cm³/mol. The number of hydrogen-bond donors (Lipinski definition) is 3. The van der Waals surface area contributed by atoms with Gasteiger partial charge in [0.15, 0.2) is 5.43 Å². The predicted octanol–water partition coefficient (Wildman–Crippen LogP) is -0.944. The summed E-state index contributed by atoms with van der Waals surface area (Å²) in [7, 11) is 0. The molecule has 1 aromatic heterocycles. The van der Waals surface area contributed by atoms with Crippen LogP contribution in [-0.4, -0.2) is 48.0 Å². The van der Waals surface area contributed by atoms with Gasteiger partial charge in [-0.05, 0) is 6.92 Å². The molecule has 1 aliphatic rings. The molecule has 0 spiro atoms. The van der Waals surface area contributed by atoms with E-state index in [0.717, 1.165) is 12.2 Å². The Morgan fingerprint density at radius 3 is 3.06 bits per heavy atom. The number of aromatic amines is 1. The van der Waals surface area contributed by atoms with Crippen LogP contribution in [0.3, 0.4) is 0 Å². The minimum atomic E-state index is -0.245. The van der Waals surface area contributed by atoms with E-state index in [4.69, 9.17) is 5.73 Å². The highest BCUT2D eigenvalue weighted by Crippen LogP contribution is 2.07. The van der Waals surface area contributed by atoms with Gasteiger partial charge in [0.1, 0.15) is 5.56 Å². The molecular weight excluding hydrogens is 232 g/mol. The summed E-state index contributed by atoms with van der Waals surface area (Å²) in [6, 6.07) is 1.39. The second-order valence-corrected chi connectivity index (χ2v) is 4.49. The Hall–Kier alpha value is -1.66. The summed E-state index contributed by atoms with van der Waals surface area (Å²) in [4.78, 5) is 28.7. The first-order valence-electron chi connectivity index (χ1n) is 6.04. The molecule has 1 saturated heterocycles. The van der Waals surface area contributed by atoms with Crippen LogP contribution in [0.5, 0.6) is 0 Å². The van der Waals surface area contributed by atoms with E-state index in [1.165, 1.54) is 12.3 Å². The molecule has 1 aliphatic heterocycles. The lowest BCUT2D eigenvalue weighted by Crippen LogP contribution is -2.57. The van der Waals surface area contributed by atoms with Crippen LogP contribution in [0.2, 0.25) is 0 Å². The van der Waals surface area contributed by atoms with Crippen LogP contribution in [0.4, 0.5) is 0 Å².